The van der Waals surface area contributed by atoms with Gasteiger partial charge in [0.15, 0.2) is 0 Å². The zero-order valence-electron chi connectivity index (χ0n) is 10.1. The summed E-state index contributed by atoms with van der Waals surface area (Å²) >= 11 is 5.75. The molecule has 0 spiro atoms. The van der Waals surface area contributed by atoms with E-state index in [1.807, 2.05) is 0 Å². The van der Waals surface area contributed by atoms with Crippen molar-refractivity contribution in [2.24, 2.45) is 0 Å². The molecule has 1 rings (SSSR count). The Hall–Kier alpha value is -2.19. The van der Waals surface area contributed by atoms with Gasteiger partial charge in [0.2, 0.25) is 0 Å². The lowest BCUT2D eigenvalue weighted by Crippen LogP contribution is -2.41. The van der Waals surface area contributed by atoms with Crippen LogP contribution in [0.25, 0.3) is 0 Å². The van der Waals surface area contributed by atoms with Crippen LogP contribution in [0.4, 0.5) is 5.69 Å². The lowest BCUT2D eigenvalue weighted by Gasteiger charge is -2.13. The highest BCUT2D eigenvalue weighted by Crippen LogP contribution is 2.26. The highest BCUT2D eigenvalue weighted by Gasteiger charge is 2.27. The van der Waals surface area contributed by atoms with Gasteiger partial charge in [-0.05, 0) is 6.07 Å². The molecule has 1 atom stereocenters. The van der Waals surface area contributed by atoms with Gasteiger partial charge < -0.3 is 15.5 Å². The van der Waals surface area contributed by atoms with Gasteiger partial charge in [-0.15, -0.1) is 0 Å². The van der Waals surface area contributed by atoms with Gasteiger partial charge in [0.25, 0.3) is 11.6 Å². The molecule has 1 aromatic carbocycles. The van der Waals surface area contributed by atoms with Crippen molar-refractivity contribution < 1.29 is 24.7 Å². The number of nitro groups is 1. The largest absolute Gasteiger partial charge is 0.480 e. The Morgan fingerprint density at radius 1 is 1.45 bits per heavy atom. The monoisotopic (exact) mass is 302 g/mol. The van der Waals surface area contributed by atoms with Crippen molar-refractivity contribution in [3.05, 3.63) is 38.9 Å². The molecule has 0 aliphatic rings. The first-order valence-corrected chi connectivity index (χ1v) is 5.83. The number of amides is 1. The van der Waals surface area contributed by atoms with Gasteiger partial charge in [-0.1, -0.05) is 17.7 Å². The molecule has 0 aliphatic heterocycles. The van der Waals surface area contributed by atoms with Crippen molar-refractivity contribution in [1.29, 1.82) is 0 Å². The third-order valence-electron chi connectivity index (χ3n) is 2.44. The van der Waals surface area contributed by atoms with Gasteiger partial charge in [0.1, 0.15) is 11.6 Å². The maximum atomic E-state index is 11.9. The first kappa shape index (κ1) is 15.9. The van der Waals surface area contributed by atoms with Crippen LogP contribution in [0.3, 0.4) is 0 Å². The summed E-state index contributed by atoms with van der Waals surface area (Å²) in [6, 6.07) is 2.32. The summed E-state index contributed by atoms with van der Waals surface area (Å²) in [6.07, 6.45) is -0.223. The van der Waals surface area contributed by atoms with Crippen molar-refractivity contribution in [1.82, 2.24) is 5.32 Å². The average molecular weight is 303 g/mol. The topological polar surface area (TPSA) is 130 Å². The Morgan fingerprint density at radius 2 is 2.10 bits per heavy atom. The fourth-order valence-corrected chi connectivity index (χ4v) is 1.76. The lowest BCUT2D eigenvalue weighted by molar-refractivity contribution is -0.385. The number of aliphatic hydroxyl groups excluding tert-OH is 1. The van der Waals surface area contributed by atoms with E-state index in [0.717, 1.165) is 6.07 Å². The number of rotatable bonds is 6. The second-order valence-corrected chi connectivity index (χ2v) is 4.17. The van der Waals surface area contributed by atoms with Crippen molar-refractivity contribution in [3.8, 4) is 0 Å². The van der Waals surface area contributed by atoms with E-state index in [1.54, 1.807) is 0 Å². The molecule has 0 heterocycles. The SMILES string of the molecule is O=C(N[C@H](CCO)C(=O)O)c1c(Cl)cccc1[N+](=O)[O-]. The molecule has 0 aliphatic carbocycles. The van der Waals surface area contributed by atoms with Gasteiger partial charge in [-0.2, -0.15) is 0 Å². The maximum absolute atomic E-state index is 11.9. The molecule has 0 radical (unpaired) electrons. The summed E-state index contributed by atoms with van der Waals surface area (Å²) < 4.78 is 0. The number of aliphatic carboxylic acids is 1. The number of halogens is 1. The minimum Gasteiger partial charge on any atom is -0.480 e. The van der Waals surface area contributed by atoms with Gasteiger partial charge >= 0.3 is 5.97 Å². The van der Waals surface area contributed by atoms with Gasteiger partial charge in [0, 0.05) is 19.1 Å². The number of hydrogen-bond acceptors (Lipinski definition) is 5. The van der Waals surface area contributed by atoms with Crippen LogP contribution >= 0.6 is 11.6 Å². The third-order valence-corrected chi connectivity index (χ3v) is 2.75. The van der Waals surface area contributed by atoms with Crippen molar-refractivity contribution in [2.45, 2.75) is 12.5 Å². The molecule has 3 N–H and O–H groups in total. The predicted molar refractivity (Wildman–Crippen MR) is 68.7 cm³/mol. The number of carboxylic acids is 1. The highest BCUT2D eigenvalue weighted by atomic mass is 35.5. The standard InChI is InChI=1S/C11H11ClN2O6/c12-6-2-1-3-8(14(19)20)9(6)10(16)13-7(4-5-15)11(17)18/h1-3,7,15H,4-5H2,(H,13,16)(H,17,18)/t7-/m1/s1. The quantitative estimate of drug-likeness (QED) is 0.526. The van der Waals surface area contributed by atoms with Gasteiger partial charge in [0.05, 0.1) is 9.95 Å². The number of nitrogens with zero attached hydrogens (tertiary/aromatic N) is 1. The lowest BCUT2D eigenvalue weighted by atomic mass is 10.1. The summed E-state index contributed by atoms with van der Waals surface area (Å²) in [5, 5.41) is 30.3. The van der Waals surface area contributed by atoms with Crippen LogP contribution in [0.1, 0.15) is 16.8 Å². The summed E-state index contributed by atoms with van der Waals surface area (Å²) in [7, 11) is 0. The molecule has 0 bridgehead atoms. The number of carbonyl (C=O) groups is 2. The van der Waals surface area contributed by atoms with Gasteiger partial charge in [-0.3, -0.25) is 14.9 Å². The average Bonchev–Trinajstić information content (AvgIpc) is 2.37. The molecule has 9 heteroatoms. The molecule has 0 unspecified atom stereocenters. The Bertz CT molecular complexity index is 548. The number of nitrogens with one attached hydrogen (secondary N) is 1. The van der Waals surface area contributed by atoms with Crippen LogP contribution < -0.4 is 5.32 Å². The minimum atomic E-state index is -1.36. The van der Waals surface area contributed by atoms with E-state index < -0.39 is 40.7 Å². The summed E-state index contributed by atoms with van der Waals surface area (Å²) in [5.41, 5.74) is -0.938. The van der Waals surface area contributed by atoms with E-state index in [-0.39, 0.29) is 11.4 Å². The molecule has 0 saturated carbocycles. The molecule has 108 valence electrons. The summed E-state index contributed by atoms with van der Waals surface area (Å²) in [6.45, 7) is -0.456. The molecule has 20 heavy (non-hydrogen) atoms. The highest BCUT2D eigenvalue weighted by molar-refractivity contribution is 6.34. The smallest absolute Gasteiger partial charge is 0.326 e. The maximum Gasteiger partial charge on any atom is 0.326 e. The first-order valence-electron chi connectivity index (χ1n) is 5.46. The van der Waals surface area contributed by atoms with E-state index in [4.69, 9.17) is 21.8 Å². The number of hydrogen-bond donors (Lipinski definition) is 3. The van der Waals surface area contributed by atoms with Crippen molar-refractivity contribution >= 4 is 29.2 Å². The van der Waals surface area contributed by atoms with E-state index in [2.05, 4.69) is 5.32 Å². The van der Waals surface area contributed by atoms with Crippen molar-refractivity contribution in [2.75, 3.05) is 6.61 Å². The zero-order chi connectivity index (χ0) is 15.3. The molecule has 0 saturated heterocycles. The minimum absolute atomic E-state index is 0.162. The molecule has 8 nitrogen and oxygen atoms in total. The molecular weight excluding hydrogens is 292 g/mol. The Kier molecular flexibility index (Phi) is 5.42. The Balaban J connectivity index is 3.09. The Morgan fingerprint density at radius 3 is 2.60 bits per heavy atom. The van der Waals surface area contributed by atoms with Crippen LogP contribution in [0.5, 0.6) is 0 Å². The second kappa shape index (κ2) is 6.83. The molecule has 1 aromatic rings. The molecular formula is C11H11ClN2O6. The fraction of sp³-hybridized carbons (Fsp3) is 0.273. The van der Waals surface area contributed by atoms with Crippen LogP contribution in [-0.4, -0.2) is 39.7 Å². The van der Waals surface area contributed by atoms with Crippen LogP contribution in [0, 0.1) is 10.1 Å². The first-order chi connectivity index (χ1) is 9.38. The number of benzene rings is 1. The second-order valence-electron chi connectivity index (χ2n) is 3.77. The molecule has 1 amide bonds. The van der Waals surface area contributed by atoms with Crippen LogP contribution in [-0.2, 0) is 4.79 Å². The number of carbonyl (C=O) groups excluding carboxylic acids is 1. The fourth-order valence-electron chi connectivity index (χ4n) is 1.51. The predicted octanol–water partition coefficient (Wildman–Crippen LogP) is 0.814. The van der Waals surface area contributed by atoms with Crippen LogP contribution in [0.15, 0.2) is 18.2 Å². The summed E-state index contributed by atoms with van der Waals surface area (Å²) in [5.74, 6) is -2.34. The third kappa shape index (κ3) is 3.65. The van der Waals surface area contributed by atoms with E-state index in [9.17, 15) is 19.7 Å². The van der Waals surface area contributed by atoms with E-state index in [0.29, 0.717) is 0 Å². The number of nitro benzene ring substituents is 1. The molecule has 0 fully saturated rings. The van der Waals surface area contributed by atoms with Gasteiger partial charge in [-0.25, -0.2) is 4.79 Å². The van der Waals surface area contributed by atoms with Crippen LogP contribution in [0.2, 0.25) is 5.02 Å². The van der Waals surface area contributed by atoms with E-state index in [1.165, 1.54) is 12.1 Å². The van der Waals surface area contributed by atoms with Crippen molar-refractivity contribution in [3.63, 3.8) is 0 Å². The normalized spacial score (nSPS) is 11.7. The zero-order valence-corrected chi connectivity index (χ0v) is 10.8. The summed E-state index contributed by atoms with van der Waals surface area (Å²) in [4.78, 5) is 32.8. The number of aliphatic hydroxyl groups is 1. The Labute approximate surface area is 118 Å². The number of carboxylic acid groups (broad SMARTS) is 1. The van der Waals surface area contributed by atoms with E-state index >= 15 is 0 Å². The molecule has 0 aromatic heterocycles.